The highest BCUT2D eigenvalue weighted by Gasteiger charge is 2.32. The van der Waals surface area contributed by atoms with E-state index in [9.17, 15) is 9.59 Å². The van der Waals surface area contributed by atoms with Gasteiger partial charge in [0.15, 0.2) is 0 Å². The molecule has 7 rings (SSSR count). The number of H-pyrrole nitrogens is 1. The number of nitrogens with zero attached hydrogens (tertiary/aromatic N) is 6. The molecule has 3 aliphatic rings. The number of rotatable bonds is 8. The largest absolute Gasteiger partial charge is 0.367 e. The Morgan fingerprint density at radius 1 is 1.02 bits per heavy atom. The summed E-state index contributed by atoms with van der Waals surface area (Å²) in [7, 11) is 0. The first kappa shape index (κ1) is 29.2. The Morgan fingerprint density at radius 2 is 1.82 bits per heavy atom. The first-order chi connectivity index (χ1) is 22.0. The Hall–Kier alpha value is -4.48. The summed E-state index contributed by atoms with van der Waals surface area (Å²) in [5.74, 6) is 0.226. The van der Waals surface area contributed by atoms with Gasteiger partial charge in [-0.25, -0.2) is 15.0 Å². The number of pyridine rings is 1. The van der Waals surface area contributed by atoms with E-state index in [1.54, 1.807) is 18.5 Å². The molecule has 0 radical (unpaired) electrons. The lowest BCUT2D eigenvalue weighted by molar-refractivity contribution is -0.111. The van der Waals surface area contributed by atoms with Crippen molar-refractivity contribution >= 4 is 51.8 Å². The van der Waals surface area contributed by atoms with Crippen molar-refractivity contribution in [2.24, 2.45) is 0 Å². The fourth-order valence-electron chi connectivity index (χ4n) is 6.35. The van der Waals surface area contributed by atoms with Crippen LogP contribution < -0.4 is 15.5 Å². The zero-order valence-corrected chi connectivity index (χ0v) is 25.8. The quantitative estimate of drug-likeness (QED) is 0.239. The Kier molecular flexibility index (Phi) is 8.12. The first-order valence-corrected chi connectivity index (χ1v) is 15.9. The number of carbonyl (C=O) groups is 2. The van der Waals surface area contributed by atoms with Crippen molar-refractivity contribution in [3.8, 4) is 11.3 Å². The molecule has 0 bridgehead atoms. The third-order valence-corrected chi connectivity index (χ3v) is 9.25. The van der Waals surface area contributed by atoms with E-state index in [0.29, 0.717) is 41.0 Å². The number of hydrogen-bond donors (Lipinski definition) is 3. The van der Waals surface area contributed by atoms with Crippen LogP contribution in [0.2, 0.25) is 5.02 Å². The lowest BCUT2D eigenvalue weighted by Gasteiger charge is -2.37. The third-order valence-electron chi connectivity index (χ3n) is 8.97. The summed E-state index contributed by atoms with van der Waals surface area (Å²) in [5.41, 5.74) is 4.48. The normalized spacial score (nSPS) is 17.8. The zero-order valence-electron chi connectivity index (χ0n) is 25.0. The Morgan fingerprint density at radius 3 is 2.58 bits per heavy atom. The maximum Gasteiger partial charge on any atom is 0.253 e. The molecule has 3 aromatic heterocycles. The number of likely N-dealkylation sites (tertiary alicyclic amines) is 1. The minimum Gasteiger partial charge on any atom is -0.367 e. The van der Waals surface area contributed by atoms with E-state index in [2.05, 4.69) is 42.0 Å². The maximum absolute atomic E-state index is 13.7. The summed E-state index contributed by atoms with van der Waals surface area (Å²) in [5, 5.41) is 7.79. The molecule has 1 aliphatic carbocycles. The van der Waals surface area contributed by atoms with Gasteiger partial charge in [-0.15, -0.1) is 0 Å². The van der Waals surface area contributed by atoms with Crippen molar-refractivity contribution in [3.63, 3.8) is 0 Å². The van der Waals surface area contributed by atoms with Gasteiger partial charge in [-0.3, -0.25) is 14.5 Å². The average Bonchev–Trinajstić information content (AvgIpc) is 3.85. The molecule has 3 N–H and O–H groups in total. The minimum absolute atomic E-state index is 0.00844. The molecule has 5 heterocycles. The standard InChI is InChI=1S/C33H36ClN9O2/c1-2-29(44)39-27-8-5-21(18-28(27)42-16-14-41(15-17-42)23-6-7-23)32(45)43-12-9-22(10-13-43)38-33-37-20-26(34)30(40-33)25-19-36-31-24(25)4-3-11-35-31/h2-5,8,11,18-20,22-23H,1,6-7,9-10,12-17H2,(H,35,36)(H,39,44)(H,37,38,40). The molecule has 0 unspecified atom stereocenters. The van der Waals surface area contributed by atoms with Gasteiger partial charge in [0, 0.05) is 80.3 Å². The molecule has 11 nitrogen and oxygen atoms in total. The van der Waals surface area contributed by atoms with Gasteiger partial charge in [0.05, 0.1) is 28.3 Å². The van der Waals surface area contributed by atoms with Crippen LogP contribution in [0.3, 0.4) is 0 Å². The second kappa shape index (κ2) is 12.5. The number of amides is 2. The van der Waals surface area contributed by atoms with Crippen LogP contribution in [-0.2, 0) is 4.79 Å². The summed E-state index contributed by atoms with van der Waals surface area (Å²) in [6, 6.07) is 10.3. The van der Waals surface area contributed by atoms with E-state index < -0.39 is 0 Å². The Balaban J connectivity index is 1.01. The Bertz CT molecular complexity index is 1740. The van der Waals surface area contributed by atoms with E-state index >= 15 is 0 Å². The van der Waals surface area contributed by atoms with Gasteiger partial charge in [-0.05, 0) is 62.1 Å². The van der Waals surface area contributed by atoms with Crippen molar-refractivity contribution in [3.05, 3.63) is 72.2 Å². The van der Waals surface area contributed by atoms with E-state index in [-0.39, 0.29) is 17.9 Å². The second-order valence-corrected chi connectivity index (χ2v) is 12.3. The highest BCUT2D eigenvalue weighted by Crippen LogP contribution is 2.34. The minimum atomic E-state index is -0.267. The SMILES string of the molecule is C=CC(=O)Nc1ccc(C(=O)N2CCC(Nc3ncc(Cl)c(-c4c[nH]c5ncccc45)n3)CC2)cc1N1CCN(C2CC2)CC1. The van der Waals surface area contributed by atoms with Crippen LogP contribution in [0, 0.1) is 0 Å². The molecule has 232 valence electrons. The van der Waals surface area contributed by atoms with Crippen LogP contribution in [0.25, 0.3) is 22.3 Å². The van der Waals surface area contributed by atoms with Crippen LogP contribution in [0.5, 0.6) is 0 Å². The van der Waals surface area contributed by atoms with Crippen LogP contribution in [0.15, 0.2) is 61.6 Å². The third kappa shape index (κ3) is 6.23. The molecule has 4 aromatic rings. The number of hydrogen-bond acceptors (Lipinski definition) is 8. The number of benzene rings is 1. The fourth-order valence-corrected chi connectivity index (χ4v) is 6.55. The molecule has 0 spiro atoms. The topological polar surface area (TPSA) is 122 Å². The van der Waals surface area contributed by atoms with E-state index in [1.807, 2.05) is 35.4 Å². The second-order valence-electron chi connectivity index (χ2n) is 11.9. The average molecular weight is 626 g/mol. The number of aromatic amines is 1. The lowest BCUT2D eigenvalue weighted by Crippen LogP contribution is -2.47. The summed E-state index contributed by atoms with van der Waals surface area (Å²) >= 11 is 6.51. The lowest BCUT2D eigenvalue weighted by atomic mass is 10.0. The van der Waals surface area contributed by atoms with Crippen LogP contribution in [0.4, 0.5) is 17.3 Å². The number of halogens is 1. The predicted molar refractivity (Wildman–Crippen MR) is 177 cm³/mol. The molecule has 3 fully saturated rings. The smallest absolute Gasteiger partial charge is 0.253 e. The summed E-state index contributed by atoms with van der Waals surface area (Å²) in [6.07, 6.45) is 10.6. The van der Waals surface area contributed by atoms with E-state index in [1.165, 1.54) is 18.9 Å². The van der Waals surface area contributed by atoms with Crippen molar-refractivity contribution in [1.29, 1.82) is 0 Å². The number of piperazine rings is 1. The summed E-state index contributed by atoms with van der Waals surface area (Å²) < 4.78 is 0. The zero-order chi connectivity index (χ0) is 30.9. The van der Waals surface area contributed by atoms with Crippen molar-refractivity contribution in [2.75, 3.05) is 54.8 Å². The predicted octanol–water partition coefficient (Wildman–Crippen LogP) is 4.80. The van der Waals surface area contributed by atoms with Gasteiger partial charge in [0.25, 0.3) is 5.91 Å². The summed E-state index contributed by atoms with van der Waals surface area (Å²) in [6.45, 7) is 8.48. The van der Waals surface area contributed by atoms with E-state index in [4.69, 9.17) is 16.6 Å². The van der Waals surface area contributed by atoms with Gasteiger partial charge < -0.3 is 25.4 Å². The molecule has 0 atom stereocenters. The van der Waals surface area contributed by atoms with Gasteiger partial charge in [-0.1, -0.05) is 18.2 Å². The fraction of sp³-hybridized carbons (Fsp3) is 0.364. The van der Waals surface area contributed by atoms with Gasteiger partial charge in [0.2, 0.25) is 11.9 Å². The Labute approximate surface area is 266 Å². The van der Waals surface area contributed by atoms with Crippen LogP contribution >= 0.6 is 11.6 Å². The van der Waals surface area contributed by atoms with Crippen LogP contribution in [0.1, 0.15) is 36.0 Å². The molecule has 2 amide bonds. The monoisotopic (exact) mass is 625 g/mol. The number of carbonyl (C=O) groups excluding carboxylic acids is 2. The molecule has 12 heteroatoms. The first-order valence-electron chi connectivity index (χ1n) is 15.5. The van der Waals surface area contributed by atoms with Gasteiger partial charge >= 0.3 is 0 Å². The number of piperidine rings is 1. The van der Waals surface area contributed by atoms with Gasteiger partial charge in [-0.2, -0.15) is 0 Å². The molecule has 2 aliphatic heterocycles. The molecule has 1 aromatic carbocycles. The van der Waals surface area contributed by atoms with Crippen molar-refractivity contribution < 1.29 is 9.59 Å². The number of aromatic nitrogens is 4. The molecular weight excluding hydrogens is 590 g/mol. The van der Waals surface area contributed by atoms with E-state index in [0.717, 1.165) is 67.3 Å². The maximum atomic E-state index is 13.7. The molecule has 2 saturated heterocycles. The highest BCUT2D eigenvalue weighted by atomic mass is 35.5. The van der Waals surface area contributed by atoms with Crippen molar-refractivity contribution in [2.45, 2.75) is 37.8 Å². The number of anilines is 3. The number of nitrogens with one attached hydrogen (secondary N) is 3. The highest BCUT2D eigenvalue weighted by molar-refractivity contribution is 6.33. The van der Waals surface area contributed by atoms with Crippen molar-refractivity contribution in [1.82, 2.24) is 29.7 Å². The number of fused-ring (bicyclic) bond motifs is 1. The molecule has 45 heavy (non-hydrogen) atoms. The van der Waals surface area contributed by atoms with Crippen LogP contribution in [-0.4, -0.2) is 92.9 Å². The summed E-state index contributed by atoms with van der Waals surface area (Å²) in [4.78, 5) is 49.3. The molecule has 1 saturated carbocycles. The molecular formula is C33H36ClN9O2. The van der Waals surface area contributed by atoms with Gasteiger partial charge in [0.1, 0.15) is 5.65 Å².